The van der Waals surface area contributed by atoms with Gasteiger partial charge in [0.05, 0.1) is 11.4 Å². The Labute approximate surface area is 146 Å². The van der Waals surface area contributed by atoms with Crippen molar-refractivity contribution in [2.45, 2.75) is 6.04 Å². The highest BCUT2D eigenvalue weighted by atomic mass is 16.1. The summed E-state index contributed by atoms with van der Waals surface area (Å²) in [5.74, 6) is 0.379. The molecule has 0 fully saturated rings. The quantitative estimate of drug-likeness (QED) is 0.499. The molecule has 1 aromatic carbocycles. The van der Waals surface area contributed by atoms with E-state index in [0.717, 1.165) is 5.56 Å². The van der Waals surface area contributed by atoms with Crippen molar-refractivity contribution in [1.29, 1.82) is 0 Å². The van der Waals surface area contributed by atoms with Crippen LogP contribution >= 0.6 is 0 Å². The Morgan fingerprint density at radius 1 is 1.04 bits per heavy atom. The molecule has 126 valence electrons. The fourth-order valence-electron chi connectivity index (χ4n) is 3.16. The standard InChI is InChI=1S/C17H12N8O/c26-16-14-12(13(20-21-16)10-6-2-1-3-7-10)15(11-8-4-5-9-18-11)25-17(19-14)22-23-24-25/h1-9,15H,(H,21,26)(H,19,22,24)/t15-/m1/s1. The van der Waals surface area contributed by atoms with E-state index in [2.05, 4.69) is 36.0 Å². The van der Waals surface area contributed by atoms with Crippen LogP contribution in [0.4, 0.5) is 11.6 Å². The van der Waals surface area contributed by atoms with E-state index in [4.69, 9.17) is 0 Å². The molecule has 9 heteroatoms. The summed E-state index contributed by atoms with van der Waals surface area (Å²) in [6.07, 6.45) is 1.70. The molecule has 26 heavy (non-hydrogen) atoms. The Bertz CT molecular complexity index is 1140. The van der Waals surface area contributed by atoms with Crippen LogP contribution in [0.5, 0.6) is 0 Å². The fourth-order valence-corrected chi connectivity index (χ4v) is 3.16. The van der Waals surface area contributed by atoms with Gasteiger partial charge in [-0.1, -0.05) is 41.5 Å². The number of nitrogens with one attached hydrogen (secondary N) is 2. The molecule has 0 aliphatic carbocycles. The van der Waals surface area contributed by atoms with Gasteiger partial charge < -0.3 is 5.32 Å². The third-order valence-corrected chi connectivity index (χ3v) is 4.28. The van der Waals surface area contributed by atoms with E-state index < -0.39 is 6.04 Å². The van der Waals surface area contributed by atoms with Gasteiger partial charge in [0, 0.05) is 17.3 Å². The van der Waals surface area contributed by atoms with E-state index in [1.807, 2.05) is 48.5 Å². The lowest BCUT2D eigenvalue weighted by atomic mass is 9.95. The van der Waals surface area contributed by atoms with Crippen molar-refractivity contribution in [3.8, 4) is 11.3 Å². The number of H-pyrrole nitrogens is 1. The number of aromatic amines is 1. The van der Waals surface area contributed by atoms with Crippen LogP contribution in [-0.2, 0) is 0 Å². The van der Waals surface area contributed by atoms with Gasteiger partial charge in [-0.15, -0.1) is 0 Å². The molecule has 0 unspecified atom stereocenters. The van der Waals surface area contributed by atoms with Crippen LogP contribution in [0.15, 0.2) is 59.5 Å². The molecule has 1 aliphatic rings. The van der Waals surface area contributed by atoms with E-state index in [-0.39, 0.29) is 5.56 Å². The Hall–Kier alpha value is -3.88. The number of hydrogen-bond donors (Lipinski definition) is 2. The molecule has 2 N–H and O–H groups in total. The van der Waals surface area contributed by atoms with E-state index in [1.165, 1.54) is 0 Å². The van der Waals surface area contributed by atoms with Crippen LogP contribution in [0.3, 0.4) is 0 Å². The first kappa shape index (κ1) is 14.5. The molecule has 3 aromatic heterocycles. The van der Waals surface area contributed by atoms with E-state index in [9.17, 15) is 4.79 Å². The van der Waals surface area contributed by atoms with Crippen molar-refractivity contribution >= 4 is 11.6 Å². The lowest BCUT2D eigenvalue weighted by Crippen LogP contribution is -2.29. The average Bonchev–Trinajstić information content (AvgIpc) is 3.16. The van der Waals surface area contributed by atoms with E-state index in [1.54, 1.807) is 10.9 Å². The van der Waals surface area contributed by atoms with Crippen LogP contribution in [0.1, 0.15) is 17.3 Å². The van der Waals surface area contributed by atoms with Crippen LogP contribution in [0.2, 0.25) is 0 Å². The Kier molecular flexibility index (Phi) is 3.11. The summed E-state index contributed by atoms with van der Waals surface area (Å²) in [6, 6.07) is 14.8. The number of nitrogens with zero attached hydrogens (tertiary/aromatic N) is 6. The zero-order valence-corrected chi connectivity index (χ0v) is 13.4. The predicted octanol–water partition coefficient (Wildman–Crippen LogP) is 1.51. The van der Waals surface area contributed by atoms with Crippen molar-refractivity contribution in [3.63, 3.8) is 0 Å². The molecule has 0 saturated carbocycles. The second-order valence-electron chi connectivity index (χ2n) is 5.79. The van der Waals surface area contributed by atoms with Crippen LogP contribution in [0.25, 0.3) is 11.3 Å². The van der Waals surface area contributed by atoms with Gasteiger partial charge in [-0.25, -0.2) is 5.10 Å². The number of pyridine rings is 1. The lowest BCUT2D eigenvalue weighted by molar-refractivity contribution is 0.556. The molecule has 0 amide bonds. The van der Waals surface area contributed by atoms with Crippen molar-refractivity contribution in [1.82, 2.24) is 35.4 Å². The normalized spacial score (nSPS) is 15.0. The van der Waals surface area contributed by atoms with Gasteiger partial charge in [-0.05, 0) is 22.6 Å². The summed E-state index contributed by atoms with van der Waals surface area (Å²) in [5.41, 5.74) is 2.95. The van der Waals surface area contributed by atoms with Gasteiger partial charge >= 0.3 is 0 Å². The topological polar surface area (TPSA) is 114 Å². The molecule has 0 bridgehead atoms. The molecule has 1 atom stereocenters. The molecular weight excluding hydrogens is 332 g/mol. The highest BCUT2D eigenvalue weighted by molar-refractivity contribution is 5.75. The number of benzene rings is 1. The van der Waals surface area contributed by atoms with Crippen molar-refractivity contribution < 1.29 is 0 Å². The first-order chi connectivity index (χ1) is 12.8. The minimum atomic E-state index is -0.470. The summed E-state index contributed by atoms with van der Waals surface area (Å²) in [4.78, 5) is 16.9. The van der Waals surface area contributed by atoms with Crippen molar-refractivity contribution in [3.05, 3.63) is 76.3 Å². The molecule has 0 radical (unpaired) electrons. The van der Waals surface area contributed by atoms with Crippen LogP contribution in [0, 0.1) is 0 Å². The van der Waals surface area contributed by atoms with Gasteiger partial charge in [-0.2, -0.15) is 9.78 Å². The average molecular weight is 344 g/mol. The van der Waals surface area contributed by atoms with Gasteiger partial charge in [0.1, 0.15) is 11.7 Å². The minimum absolute atomic E-state index is 0.338. The number of hydrogen-bond acceptors (Lipinski definition) is 7. The summed E-state index contributed by atoms with van der Waals surface area (Å²) in [6.45, 7) is 0. The molecule has 4 heterocycles. The summed E-state index contributed by atoms with van der Waals surface area (Å²) < 4.78 is 1.61. The van der Waals surface area contributed by atoms with Gasteiger partial charge in [-0.3, -0.25) is 9.78 Å². The van der Waals surface area contributed by atoms with Gasteiger partial charge in [0.25, 0.3) is 5.56 Å². The monoisotopic (exact) mass is 344 g/mol. The van der Waals surface area contributed by atoms with Crippen molar-refractivity contribution in [2.75, 3.05) is 5.32 Å². The molecule has 0 spiro atoms. The first-order valence-corrected chi connectivity index (χ1v) is 7.97. The third-order valence-electron chi connectivity index (χ3n) is 4.28. The molecular formula is C17H12N8O. The second-order valence-corrected chi connectivity index (χ2v) is 5.79. The fraction of sp³-hybridized carbons (Fsp3) is 0.0588. The maximum absolute atomic E-state index is 12.5. The van der Waals surface area contributed by atoms with Gasteiger partial charge in [0.15, 0.2) is 0 Å². The molecule has 9 nitrogen and oxygen atoms in total. The first-order valence-electron chi connectivity index (χ1n) is 7.97. The Morgan fingerprint density at radius 3 is 2.69 bits per heavy atom. The zero-order chi connectivity index (χ0) is 17.5. The molecule has 1 aliphatic heterocycles. The minimum Gasteiger partial charge on any atom is -0.318 e. The third kappa shape index (κ3) is 2.10. The Morgan fingerprint density at radius 2 is 1.88 bits per heavy atom. The van der Waals surface area contributed by atoms with Gasteiger partial charge in [0.2, 0.25) is 5.95 Å². The Balaban J connectivity index is 1.84. The highest BCUT2D eigenvalue weighted by Gasteiger charge is 2.34. The van der Waals surface area contributed by atoms with Crippen LogP contribution in [-0.4, -0.2) is 35.4 Å². The SMILES string of the molecule is O=c1[nH]nc(-c2ccccc2)c2c1Nc1nnnn1[C@@H]2c1ccccn1. The smallest absolute Gasteiger partial charge is 0.288 e. The molecule has 0 saturated heterocycles. The number of aromatic nitrogens is 7. The number of anilines is 2. The predicted molar refractivity (Wildman–Crippen MR) is 92.9 cm³/mol. The number of rotatable bonds is 2. The van der Waals surface area contributed by atoms with Crippen molar-refractivity contribution in [2.24, 2.45) is 0 Å². The largest absolute Gasteiger partial charge is 0.318 e. The number of tetrazole rings is 1. The summed E-state index contributed by atoms with van der Waals surface area (Å²) in [5, 5.41) is 21.7. The maximum atomic E-state index is 12.5. The summed E-state index contributed by atoms with van der Waals surface area (Å²) in [7, 11) is 0. The van der Waals surface area contributed by atoms with E-state index in [0.29, 0.717) is 28.6 Å². The molecule has 5 rings (SSSR count). The number of fused-ring (bicyclic) bond motifs is 2. The molecule has 4 aromatic rings. The van der Waals surface area contributed by atoms with Crippen LogP contribution < -0.4 is 10.9 Å². The summed E-state index contributed by atoms with van der Waals surface area (Å²) >= 11 is 0. The zero-order valence-electron chi connectivity index (χ0n) is 13.4. The lowest BCUT2D eigenvalue weighted by Gasteiger charge is -2.27. The second kappa shape index (κ2) is 5.59. The van der Waals surface area contributed by atoms with E-state index >= 15 is 0 Å². The maximum Gasteiger partial charge on any atom is 0.288 e. The highest BCUT2D eigenvalue weighted by Crippen LogP contribution is 2.40.